The number of carbonyl (C=O) groups is 1. The zero-order valence-electron chi connectivity index (χ0n) is 10.5. The maximum Gasteiger partial charge on any atom is 0.323 e. The molecule has 1 unspecified atom stereocenters. The van der Waals surface area contributed by atoms with Crippen molar-refractivity contribution in [2.24, 2.45) is 0 Å². The van der Waals surface area contributed by atoms with Gasteiger partial charge in [0.25, 0.3) is 0 Å². The summed E-state index contributed by atoms with van der Waals surface area (Å²) in [6.07, 6.45) is 0. The molecule has 1 heterocycles. The van der Waals surface area contributed by atoms with Crippen LogP contribution < -0.4 is 0 Å². The molecule has 0 bridgehead atoms. The zero-order valence-corrected chi connectivity index (χ0v) is 10.5. The molecule has 0 aliphatic carbocycles. The van der Waals surface area contributed by atoms with Crippen LogP contribution in [0.5, 0.6) is 0 Å². The van der Waals surface area contributed by atoms with Crippen molar-refractivity contribution >= 4 is 11.7 Å². The lowest BCUT2D eigenvalue weighted by Crippen LogP contribution is -2.49. The first-order chi connectivity index (χ1) is 9.49. The Labute approximate surface area is 113 Å². The maximum absolute atomic E-state index is 13.5. The highest BCUT2D eigenvalue weighted by molar-refractivity contribution is 5.73. The van der Waals surface area contributed by atoms with Crippen molar-refractivity contribution in [2.75, 3.05) is 19.8 Å². The topological polar surface area (TPSA) is 92.9 Å². The lowest BCUT2D eigenvalue weighted by Gasteiger charge is -2.32. The molecule has 0 saturated carbocycles. The van der Waals surface area contributed by atoms with E-state index in [1.54, 1.807) is 4.90 Å². The van der Waals surface area contributed by atoms with Crippen LogP contribution in [0.25, 0.3) is 0 Å². The van der Waals surface area contributed by atoms with Crippen LogP contribution in [0, 0.1) is 15.9 Å². The Balaban J connectivity index is 2.14. The Kier molecular flexibility index (Phi) is 4.26. The second kappa shape index (κ2) is 5.93. The Bertz CT molecular complexity index is 537. The smallest absolute Gasteiger partial charge is 0.323 e. The van der Waals surface area contributed by atoms with Crippen LogP contribution in [0.4, 0.5) is 10.1 Å². The van der Waals surface area contributed by atoms with Crippen molar-refractivity contribution in [3.8, 4) is 0 Å². The third-order valence-electron chi connectivity index (χ3n) is 3.12. The van der Waals surface area contributed by atoms with Gasteiger partial charge in [-0.3, -0.25) is 19.8 Å². The molecule has 1 atom stereocenters. The highest BCUT2D eigenvalue weighted by Crippen LogP contribution is 2.20. The van der Waals surface area contributed by atoms with Gasteiger partial charge >= 0.3 is 11.7 Å². The van der Waals surface area contributed by atoms with Crippen LogP contribution in [-0.4, -0.2) is 46.7 Å². The molecule has 0 amide bonds. The number of carboxylic acids is 1. The highest BCUT2D eigenvalue weighted by atomic mass is 19.1. The Morgan fingerprint density at radius 3 is 2.95 bits per heavy atom. The summed E-state index contributed by atoms with van der Waals surface area (Å²) in [5.41, 5.74) is -0.105. The van der Waals surface area contributed by atoms with Gasteiger partial charge in [0.05, 0.1) is 18.1 Å². The number of morpholine rings is 1. The van der Waals surface area contributed by atoms with Crippen LogP contribution in [-0.2, 0) is 16.1 Å². The molecule has 1 aromatic carbocycles. The van der Waals surface area contributed by atoms with E-state index in [0.29, 0.717) is 18.7 Å². The minimum Gasteiger partial charge on any atom is -0.480 e. The van der Waals surface area contributed by atoms with Crippen LogP contribution in [0.2, 0.25) is 0 Å². The summed E-state index contributed by atoms with van der Waals surface area (Å²) < 4.78 is 18.6. The van der Waals surface area contributed by atoms with Crippen LogP contribution in [0.3, 0.4) is 0 Å². The fourth-order valence-corrected chi connectivity index (χ4v) is 2.09. The second-order valence-electron chi connectivity index (χ2n) is 4.44. The summed E-state index contributed by atoms with van der Waals surface area (Å²) in [5.74, 6) is -1.93. The number of rotatable bonds is 4. The van der Waals surface area contributed by atoms with Gasteiger partial charge in [-0.25, -0.2) is 0 Å². The van der Waals surface area contributed by atoms with Crippen molar-refractivity contribution in [1.29, 1.82) is 0 Å². The van der Waals surface area contributed by atoms with Gasteiger partial charge in [0.1, 0.15) is 6.04 Å². The highest BCUT2D eigenvalue weighted by Gasteiger charge is 2.29. The molecule has 1 N–H and O–H groups in total. The number of carboxylic acid groups (broad SMARTS) is 1. The van der Waals surface area contributed by atoms with Crippen molar-refractivity contribution in [3.63, 3.8) is 0 Å². The number of ether oxygens (including phenoxy) is 1. The van der Waals surface area contributed by atoms with E-state index in [1.165, 1.54) is 6.07 Å². The summed E-state index contributed by atoms with van der Waals surface area (Å²) in [6.45, 7) is 1.09. The summed E-state index contributed by atoms with van der Waals surface area (Å²) in [4.78, 5) is 22.5. The number of hydrogen-bond donors (Lipinski definition) is 1. The average molecular weight is 284 g/mol. The van der Waals surface area contributed by atoms with Crippen LogP contribution in [0.15, 0.2) is 18.2 Å². The molecule has 7 nitrogen and oxygen atoms in total. The van der Waals surface area contributed by atoms with Gasteiger partial charge < -0.3 is 9.84 Å². The first kappa shape index (κ1) is 14.4. The Morgan fingerprint density at radius 1 is 1.60 bits per heavy atom. The predicted octanol–water partition coefficient (Wildman–Crippen LogP) is 1.02. The number of nitro benzene ring substituents is 1. The van der Waals surface area contributed by atoms with Crippen LogP contribution in [0.1, 0.15) is 5.56 Å². The molecule has 1 aliphatic rings. The van der Waals surface area contributed by atoms with Crippen LogP contribution >= 0.6 is 0 Å². The van der Waals surface area contributed by atoms with Gasteiger partial charge in [0.2, 0.25) is 5.82 Å². The first-order valence-corrected chi connectivity index (χ1v) is 5.96. The molecular formula is C12H13FN2O5. The monoisotopic (exact) mass is 284 g/mol. The quantitative estimate of drug-likeness (QED) is 0.655. The lowest BCUT2D eigenvalue weighted by molar-refractivity contribution is -0.387. The van der Waals surface area contributed by atoms with Gasteiger partial charge in [0, 0.05) is 19.2 Å². The van der Waals surface area contributed by atoms with E-state index in [-0.39, 0.29) is 13.2 Å². The number of aliphatic carboxylic acids is 1. The number of nitro groups is 1. The van der Waals surface area contributed by atoms with E-state index in [0.717, 1.165) is 12.1 Å². The number of benzene rings is 1. The molecule has 1 fully saturated rings. The minimum absolute atomic E-state index is 0.0742. The summed E-state index contributed by atoms with van der Waals surface area (Å²) in [6, 6.07) is 2.78. The Morgan fingerprint density at radius 2 is 2.35 bits per heavy atom. The third kappa shape index (κ3) is 3.09. The van der Waals surface area contributed by atoms with Gasteiger partial charge in [0.15, 0.2) is 0 Å². The SMILES string of the molecule is O=C(O)C1COCCN1Cc1ccc([N+](=O)[O-])c(F)c1. The minimum atomic E-state index is -1.01. The molecule has 108 valence electrons. The lowest BCUT2D eigenvalue weighted by atomic mass is 10.1. The van der Waals surface area contributed by atoms with E-state index in [4.69, 9.17) is 9.84 Å². The van der Waals surface area contributed by atoms with Crippen molar-refractivity contribution < 1.29 is 24.0 Å². The standard InChI is InChI=1S/C12H13FN2O5/c13-9-5-8(1-2-10(9)15(18)19)6-14-3-4-20-7-11(14)12(16)17/h1-2,5,11H,3-4,6-7H2,(H,16,17). The van der Waals surface area contributed by atoms with Gasteiger partial charge in [-0.2, -0.15) is 4.39 Å². The van der Waals surface area contributed by atoms with Gasteiger partial charge in [-0.1, -0.05) is 6.07 Å². The molecule has 2 rings (SSSR count). The summed E-state index contributed by atoms with van der Waals surface area (Å²) in [7, 11) is 0. The first-order valence-electron chi connectivity index (χ1n) is 5.96. The van der Waals surface area contributed by atoms with E-state index in [1.807, 2.05) is 0 Å². The number of halogens is 1. The van der Waals surface area contributed by atoms with E-state index >= 15 is 0 Å². The molecule has 0 spiro atoms. The summed E-state index contributed by atoms with van der Waals surface area (Å²) >= 11 is 0. The largest absolute Gasteiger partial charge is 0.480 e. The number of hydrogen-bond acceptors (Lipinski definition) is 5. The normalized spacial score (nSPS) is 19.8. The van der Waals surface area contributed by atoms with E-state index in [9.17, 15) is 19.3 Å². The van der Waals surface area contributed by atoms with Crippen molar-refractivity contribution in [2.45, 2.75) is 12.6 Å². The fourth-order valence-electron chi connectivity index (χ4n) is 2.09. The second-order valence-corrected chi connectivity index (χ2v) is 4.44. The average Bonchev–Trinajstić information content (AvgIpc) is 2.38. The van der Waals surface area contributed by atoms with Gasteiger partial charge in [-0.05, 0) is 11.6 Å². The zero-order chi connectivity index (χ0) is 14.7. The molecule has 0 radical (unpaired) electrons. The summed E-state index contributed by atoms with van der Waals surface area (Å²) in [5, 5.41) is 19.6. The molecule has 20 heavy (non-hydrogen) atoms. The fraction of sp³-hybridized carbons (Fsp3) is 0.417. The predicted molar refractivity (Wildman–Crippen MR) is 65.7 cm³/mol. The van der Waals surface area contributed by atoms with Gasteiger partial charge in [-0.15, -0.1) is 0 Å². The molecule has 0 aromatic heterocycles. The molecule has 1 aromatic rings. The number of nitrogens with zero attached hydrogens (tertiary/aromatic N) is 2. The third-order valence-corrected chi connectivity index (χ3v) is 3.12. The molecule has 8 heteroatoms. The molecule has 1 saturated heterocycles. The van der Waals surface area contributed by atoms with Crippen molar-refractivity contribution in [1.82, 2.24) is 4.90 Å². The molecule has 1 aliphatic heterocycles. The maximum atomic E-state index is 13.5. The van der Waals surface area contributed by atoms with E-state index < -0.39 is 28.4 Å². The van der Waals surface area contributed by atoms with Crippen molar-refractivity contribution in [3.05, 3.63) is 39.7 Å². The molecular weight excluding hydrogens is 271 g/mol. The van der Waals surface area contributed by atoms with E-state index in [2.05, 4.69) is 0 Å². The Hall–Kier alpha value is -2.06.